The van der Waals surface area contributed by atoms with Crippen molar-refractivity contribution in [2.45, 2.75) is 38.4 Å². The van der Waals surface area contributed by atoms with E-state index >= 15 is 0 Å². The molecule has 1 aromatic heterocycles. The van der Waals surface area contributed by atoms with Crippen LogP contribution in [0.3, 0.4) is 0 Å². The molecule has 0 radical (unpaired) electrons. The Morgan fingerprint density at radius 1 is 1.18 bits per heavy atom. The lowest BCUT2D eigenvalue weighted by molar-refractivity contribution is -0.136. The highest BCUT2D eigenvalue weighted by Crippen LogP contribution is 2.28. The van der Waals surface area contributed by atoms with Gasteiger partial charge in [0.1, 0.15) is 17.6 Å². The molecule has 116 valence electrons. The van der Waals surface area contributed by atoms with E-state index in [2.05, 4.69) is 22.0 Å². The summed E-state index contributed by atoms with van der Waals surface area (Å²) in [5, 5.41) is 8.75. The molecule has 1 aromatic carbocycles. The quantitative estimate of drug-likeness (QED) is 0.852. The molecule has 2 aliphatic rings. The minimum Gasteiger partial charge on any atom is -0.336 e. The van der Waals surface area contributed by atoms with Crippen molar-refractivity contribution in [1.29, 1.82) is 0 Å². The van der Waals surface area contributed by atoms with E-state index < -0.39 is 0 Å². The molecule has 1 atom stereocenters. The van der Waals surface area contributed by atoms with E-state index in [9.17, 15) is 4.79 Å². The molecule has 1 saturated carbocycles. The van der Waals surface area contributed by atoms with Crippen LogP contribution in [0.1, 0.15) is 19.8 Å². The molecule has 6 nitrogen and oxygen atoms in total. The number of rotatable bonds is 3. The first-order valence-electron chi connectivity index (χ1n) is 8.04. The van der Waals surface area contributed by atoms with Gasteiger partial charge in [-0.25, -0.2) is 0 Å². The third-order valence-corrected chi connectivity index (χ3v) is 4.65. The number of aromatic nitrogens is 3. The van der Waals surface area contributed by atoms with E-state index in [1.165, 1.54) is 17.6 Å². The summed E-state index contributed by atoms with van der Waals surface area (Å²) < 4.78 is 0. The van der Waals surface area contributed by atoms with Crippen molar-refractivity contribution in [1.82, 2.24) is 24.8 Å². The van der Waals surface area contributed by atoms with Crippen LogP contribution in [0.4, 0.5) is 0 Å². The zero-order valence-corrected chi connectivity index (χ0v) is 12.9. The Balaban J connectivity index is 1.43. The number of hydrogen-bond acceptors (Lipinski definition) is 4. The van der Waals surface area contributed by atoms with Crippen LogP contribution in [0.5, 0.6) is 0 Å². The van der Waals surface area contributed by atoms with E-state index in [1.54, 1.807) is 0 Å². The summed E-state index contributed by atoms with van der Waals surface area (Å²) in [6.45, 7) is 5.17. The first kappa shape index (κ1) is 13.7. The van der Waals surface area contributed by atoms with Gasteiger partial charge >= 0.3 is 0 Å². The van der Waals surface area contributed by atoms with Gasteiger partial charge in [-0.3, -0.25) is 9.69 Å². The molecule has 2 heterocycles. The molecule has 1 aliphatic heterocycles. The molecule has 1 amide bonds. The van der Waals surface area contributed by atoms with Gasteiger partial charge in [-0.1, -0.05) is 12.1 Å². The molecular formula is C16H21N5O. The third-order valence-electron chi connectivity index (χ3n) is 4.65. The number of carbonyl (C=O) groups is 1. The fourth-order valence-electron chi connectivity index (χ4n) is 3.31. The average molecular weight is 299 g/mol. The van der Waals surface area contributed by atoms with Gasteiger partial charge in [0.15, 0.2) is 0 Å². The lowest BCUT2D eigenvalue weighted by Crippen LogP contribution is -2.55. The predicted molar refractivity (Wildman–Crippen MR) is 83.3 cm³/mol. The number of benzene rings is 1. The average Bonchev–Trinajstić information content (AvgIpc) is 3.27. The van der Waals surface area contributed by atoms with Crippen molar-refractivity contribution in [3.63, 3.8) is 0 Å². The molecule has 1 unspecified atom stereocenters. The summed E-state index contributed by atoms with van der Waals surface area (Å²) in [6.07, 6.45) is 2.65. The summed E-state index contributed by atoms with van der Waals surface area (Å²) in [7, 11) is 0. The molecule has 0 spiro atoms. The topological polar surface area (TPSA) is 54.3 Å². The third kappa shape index (κ3) is 2.59. The van der Waals surface area contributed by atoms with Gasteiger partial charge in [-0.2, -0.15) is 15.0 Å². The molecule has 0 bridgehead atoms. The zero-order chi connectivity index (χ0) is 15.1. The highest BCUT2D eigenvalue weighted by atomic mass is 16.2. The monoisotopic (exact) mass is 299 g/mol. The Kier molecular flexibility index (Phi) is 3.33. The largest absolute Gasteiger partial charge is 0.336 e. The van der Waals surface area contributed by atoms with Gasteiger partial charge in [0, 0.05) is 31.7 Å². The Labute approximate surface area is 129 Å². The van der Waals surface area contributed by atoms with Crippen LogP contribution in [0, 0.1) is 0 Å². The maximum atomic E-state index is 12.6. The van der Waals surface area contributed by atoms with Crippen molar-refractivity contribution < 1.29 is 4.79 Å². The molecule has 1 saturated heterocycles. The number of piperazine rings is 1. The molecule has 22 heavy (non-hydrogen) atoms. The lowest BCUT2D eigenvalue weighted by atomic mass is 10.2. The van der Waals surface area contributed by atoms with Gasteiger partial charge in [0.25, 0.3) is 0 Å². The Morgan fingerprint density at radius 2 is 1.86 bits per heavy atom. The summed E-state index contributed by atoms with van der Waals surface area (Å²) >= 11 is 0. The highest BCUT2D eigenvalue weighted by molar-refractivity contribution is 5.77. The van der Waals surface area contributed by atoms with Crippen LogP contribution in [0.25, 0.3) is 11.0 Å². The van der Waals surface area contributed by atoms with Crippen molar-refractivity contribution >= 4 is 16.9 Å². The van der Waals surface area contributed by atoms with Crippen LogP contribution in [0.15, 0.2) is 24.3 Å². The summed E-state index contributed by atoms with van der Waals surface area (Å²) in [4.78, 5) is 18.6. The molecular weight excluding hydrogens is 278 g/mol. The van der Waals surface area contributed by atoms with Gasteiger partial charge in [0.2, 0.25) is 5.91 Å². The van der Waals surface area contributed by atoms with Crippen LogP contribution < -0.4 is 0 Å². The molecule has 6 heteroatoms. The molecule has 4 rings (SSSR count). The number of amides is 1. The second kappa shape index (κ2) is 5.35. The summed E-state index contributed by atoms with van der Waals surface area (Å²) in [5.74, 6) is 0.114. The fraction of sp³-hybridized carbons (Fsp3) is 0.562. The van der Waals surface area contributed by atoms with Crippen molar-refractivity contribution in [3.8, 4) is 0 Å². The normalized spacial score (nSPS) is 23.1. The highest BCUT2D eigenvalue weighted by Gasteiger charge is 2.35. The van der Waals surface area contributed by atoms with Crippen molar-refractivity contribution in [2.75, 3.05) is 19.6 Å². The van der Waals surface area contributed by atoms with Crippen molar-refractivity contribution in [3.05, 3.63) is 24.3 Å². The maximum Gasteiger partial charge on any atom is 0.246 e. The van der Waals surface area contributed by atoms with Crippen molar-refractivity contribution in [2.24, 2.45) is 0 Å². The number of nitrogens with zero attached hydrogens (tertiary/aromatic N) is 5. The summed E-state index contributed by atoms with van der Waals surface area (Å²) in [5.41, 5.74) is 1.67. The Bertz CT molecular complexity index is 660. The van der Waals surface area contributed by atoms with Gasteiger partial charge in [-0.05, 0) is 31.9 Å². The minimum atomic E-state index is 0.114. The Morgan fingerprint density at radius 3 is 2.45 bits per heavy atom. The van der Waals surface area contributed by atoms with Gasteiger partial charge < -0.3 is 4.90 Å². The number of hydrogen-bond donors (Lipinski definition) is 0. The van der Waals surface area contributed by atoms with E-state index in [4.69, 9.17) is 0 Å². The molecule has 2 aromatic rings. The zero-order valence-electron chi connectivity index (χ0n) is 12.9. The van der Waals surface area contributed by atoms with E-state index in [1.807, 2.05) is 29.2 Å². The van der Waals surface area contributed by atoms with E-state index in [0.717, 1.165) is 36.7 Å². The molecule has 2 fully saturated rings. The second-order valence-corrected chi connectivity index (χ2v) is 6.38. The number of fused-ring (bicyclic) bond motifs is 1. The first-order valence-corrected chi connectivity index (χ1v) is 8.04. The first-order chi connectivity index (χ1) is 10.7. The van der Waals surface area contributed by atoms with Crippen LogP contribution in [-0.4, -0.2) is 62.4 Å². The second-order valence-electron chi connectivity index (χ2n) is 6.38. The standard InChI is InChI=1S/C16H21N5O/c1-12-10-19(13-6-7-13)8-9-20(12)16(22)11-21-17-14-4-2-3-5-15(14)18-21/h2-5,12-13H,6-11H2,1H3. The van der Waals surface area contributed by atoms with Crippen LogP contribution in [0.2, 0.25) is 0 Å². The Hall–Kier alpha value is -1.95. The van der Waals surface area contributed by atoms with E-state index in [-0.39, 0.29) is 18.5 Å². The molecule has 0 N–H and O–H groups in total. The smallest absolute Gasteiger partial charge is 0.246 e. The van der Waals surface area contributed by atoms with E-state index in [0.29, 0.717) is 0 Å². The minimum absolute atomic E-state index is 0.114. The lowest BCUT2D eigenvalue weighted by Gasteiger charge is -2.40. The van der Waals surface area contributed by atoms with Crippen LogP contribution >= 0.6 is 0 Å². The fourth-order valence-corrected chi connectivity index (χ4v) is 3.31. The predicted octanol–water partition coefficient (Wildman–Crippen LogP) is 1.13. The van der Waals surface area contributed by atoms with Gasteiger partial charge in [0.05, 0.1) is 0 Å². The number of carbonyl (C=O) groups excluding carboxylic acids is 1. The molecule has 1 aliphatic carbocycles. The maximum absolute atomic E-state index is 12.6. The van der Waals surface area contributed by atoms with Gasteiger partial charge in [-0.15, -0.1) is 0 Å². The summed E-state index contributed by atoms with van der Waals surface area (Å²) in [6, 6.07) is 8.75. The van der Waals surface area contributed by atoms with Crippen LogP contribution in [-0.2, 0) is 11.3 Å². The SMILES string of the molecule is CC1CN(C2CC2)CCN1C(=O)Cn1nc2ccccc2n1.